The maximum atomic E-state index is 14.8. The highest BCUT2D eigenvalue weighted by Gasteiger charge is 2.33. The SMILES string of the molecule is CNC(=O)N=S1(=O)CC=C(c2ccc(N3C[C@@H](CNC(C)=O)OC3=O)cc2F)CC1. The zero-order chi connectivity index (χ0) is 21.9. The molecule has 2 aliphatic rings. The summed E-state index contributed by atoms with van der Waals surface area (Å²) in [4.78, 5) is 35.8. The van der Waals surface area contributed by atoms with Gasteiger partial charge in [0.15, 0.2) is 0 Å². The lowest BCUT2D eigenvalue weighted by Gasteiger charge is -2.19. The molecule has 0 aliphatic carbocycles. The molecule has 0 spiro atoms. The van der Waals surface area contributed by atoms with Gasteiger partial charge >= 0.3 is 12.1 Å². The molecule has 162 valence electrons. The number of rotatable bonds is 4. The van der Waals surface area contributed by atoms with Crippen LogP contribution in [0.15, 0.2) is 28.6 Å². The average molecular weight is 438 g/mol. The van der Waals surface area contributed by atoms with Gasteiger partial charge in [-0.1, -0.05) is 6.08 Å². The maximum absolute atomic E-state index is 14.8. The number of allylic oxidation sites excluding steroid dienone is 1. The summed E-state index contributed by atoms with van der Waals surface area (Å²) >= 11 is 0. The van der Waals surface area contributed by atoms with Gasteiger partial charge < -0.3 is 15.4 Å². The number of amides is 4. The first kappa shape index (κ1) is 21.8. The highest BCUT2D eigenvalue weighted by Crippen LogP contribution is 2.30. The Bertz CT molecular complexity index is 1030. The summed E-state index contributed by atoms with van der Waals surface area (Å²) < 4.78 is 36.3. The molecular formula is C19H23FN4O5S. The topological polar surface area (TPSA) is 117 Å². The van der Waals surface area contributed by atoms with E-state index in [2.05, 4.69) is 15.0 Å². The van der Waals surface area contributed by atoms with Crippen LogP contribution in [-0.2, 0) is 19.3 Å². The summed E-state index contributed by atoms with van der Waals surface area (Å²) in [6.07, 6.45) is 0.844. The summed E-state index contributed by atoms with van der Waals surface area (Å²) in [6, 6.07) is 3.79. The molecular weight excluding hydrogens is 415 g/mol. The van der Waals surface area contributed by atoms with E-state index in [0.717, 1.165) is 0 Å². The van der Waals surface area contributed by atoms with E-state index in [4.69, 9.17) is 4.74 Å². The Morgan fingerprint density at radius 3 is 2.77 bits per heavy atom. The second-order valence-corrected chi connectivity index (χ2v) is 9.46. The number of nitrogens with one attached hydrogen (secondary N) is 2. The fourth-order valence-electron chi connectivity index (χ4n) is 3.24. The van der Waals surface area contributed by atoms with Crippen LogP contribution in [0.3, 0.4) is 0 Å². The Hall–Kier alpha value is -2.95. The average Bonchev–Trinajstić information content (AvgIpc) is 3.07. The molecule has 3 rings (SSSR count). The van der Waals surface area contributed by atoms with Gasteiger partial charge in [0.05, 0.1) is 34.3 Å². The summed E-state index contributed by atoms with van der Waals surface area (Å²) in [7, 11) is -1.28. The first-order chi connectivity index (χ1) is 14.2. The zero-order valence-electron chi connectivity index (χ0n) is 16.6. The lowest BCUT2D eigenvalue weighted by atomic mass is 10.0. The van der Waals surface area contributed by atoms with E-state index in [0.29, 0.717) is 23.2 Å². The Kier molecular flexibility index (Phi) is 6.40. The van der Waals surface area contributed by atoms with Gasteiger partial charge in [-0.05, 0) is 30.2 Å². The molecule has 9 nitrogen and oxygen atoms in total. The Morgan fingerprint density at radius 2 is 2.17 bits per heavy atom. The number of halogens is 1. The van der Waals surface area contributed by atoms with E-state index in [-0.39, 0.29) is 30.5 Å². The lowest BCUT2D eigenvalue weighted by Crippen LogP contribution is -2.33. The molecule has 0 saturated carbocycles. The number of hydrogen-bond donors (Lipinski definition) is 2. The molecule has 2 N–H and O–H groups in total. The maximum Gasteiger partial charge on any atom is 0.414 e. The van der Waals surface area contributed by atoms with Gasteiger partial charge in [0.25, 0.3) is 0 Å². The molecule has 0 bridgehead atoms. The monoisotopic (exact) mass is 438 g/mol. The number of carbonyl (C=O) groups excluding carboxylic acids is 3. The number of urea groups is 1. The smallest absolute Gasteiger partial charge is 0.414 e. The fraction of sp³-hybridized carbons (Fsp3) is 0.421. The second kappa shape index (κ2) is 8.82. The van der Waals surface area contributed by atoms with Crippen LogP contribution in [-0.4, -0.2) is 60.0 Å². The van der Waals surface area contributed by atoms with Crippen LogP contribution in [0.25, 0.3) is 5.57 Å². The first-order valence-corrected chi connectivity index (χ1v) is 11.2. The summed E-state index contributed by atoms with van der Waals surface area (Å²) in [5.41, 5.74) is 1.38. The third kappa shape index (κ3) is 4.96. The number of hydrogen-bond acceptors (Lipinski definition) is 5. The van der Waals surface area contributed by atoms with Crippen LogP contribution >= 0.6 is 0 Å². The predicted octanol–water partition coefficient (Wildman–Crippen LogP) is 1.88. The molecule has 0 radical (unpaired) electrons. The second-order valence-electron chi connectivity index (χ2n) is 6.99. The van der Waals surface area contributed by atoms with Crippen molar-refractivity contribution in [3.8, 4) is 0 Å². The van der Waals surface area contributed by atoms with E-state index < -0.39 is 33.8 Å². The number of anilines is 1. The molecule has 2 heterocycles. The molecule has 11 heteroatoms. The molecule has 2 atom stereocenters. The number of nitrogens with zero attached hydrogens (tertiary/aromatic N) is 2. The Balaban J connectivity index is 1.74. The highest BCUT2D eigenvalue weighted by molar-refractivity contribution is 7.94. The van der Waals surface area contributed by atoms with E-state index >= 15 is 0 Å². The quantitative estimate of drug-likeness (QED) is 0.744. The van der Waals surface area contributed by atoms with Gasteiger partial charge in [-0.15, -0.1) is 4.36 Å². The van der Waals surface area contributed by atoms with Gasteiger partial charge in [0.2, 0.25) is 5.91 Å². The number of ether oxygens (including phenoxy) is 1. The van der Waals surface area contributed by atoms with Crippen LogP contribution < -0.4 is 15.5 Å². The minimum atomic E-state index is -2.69. The number of cyclic esters (lactones) is 1. The molecule has 2 aliphatic heterocycles. The minimum Gasteiger partial charge on any atom is -0.442 e. The molecule has 1 aromatic rings. The van der Waals surface area contributed by atoms with E-state index in [1.165, 1.54) is 24.9 Å². The molecule has 0 aromatic heterocycles. The van der Waals surface area contributed by atoms with Crippen molar-refractivity contribution >= 4 is 39.0 Å². The number of carbonyl (C=O) groups is 3. The van der Waals surface area contributed by atoms with Crippen LogP contribution in [0.1, 0.15) is 18.9 Å². The summed E-state index contributed by atoms with van der Waals surface area (Å²) in [5.74, 6) is -0.516. The molecule has 4 amide bonds. The van der Waals surface area contributed by atoms with Crippen LogP contribution in [0.4, 0.5) is 19.7 Å². The van der Waals surface area contributed by atoms with E-state index in [1.807, 2.05) is 0 Å². The third-order valence-corrected chi connectivity index (χ3v) is 6.83. The molecule has 1 fully saturated rings. The normalized spacial score (nSPS) is 23.4. The largest absolute Gasteiger partial charge is 0.442 e. The fourth-order valence-corrected chi connectivity index (χ4v) is 4.96. The standard InChI is InChI=1S/C19H23FN4O5S/c1-12(25)22-10-15-11-24(19(27)29-15)14-3-4-16(17(20)9-14)13-5-7-30(28,8-6-13)23-18(26)21-2/h3-5,9,15H,6-8,10-11H2,1-2H3,(H,21,26)(H,22,25)/t15-,30?/m1/s1. The van der Waals surface area contributed by atoms with Crippen molar-refractivity contribution in [3.63, 3.8) is 0 Å². The predicted molar refractivity (Wildman–Crippen MR) is 110 cm³/mol. The number of benzene rings is 1. The summed E-state index contributed by atoms with van der Waals surface area (Å²) in [5, 5.41) is 4.90. The van der Waals surface area contributed by atoms with Crippen molar-refractivity contribution in [2.45, 2.75) is 19.4 Å². The van der Waals surface area contributed by atoms with Gasteiger partial charge in [0, 0.05) is 25.3 Å². The lowest BCUT2D eigenvalue weighted by molar-refractivity contribution is -0.119. The van der Waals surface area contributed by atoms with Crippen molar-refractivity contribution in [1.82, 2.24) is 10.6 Å². The van der Waals surface area contributed by atoms with Gasteiger partial charge in [-0.25, -0.2) is 18.2 Å². The van der Waals surface area contributed by atoms with Crippen molar-refractivity contribution in [2.24, 2.45) is 4.36 Å². The van der Waals surface area contributed by atoms with Gasteiger partial charge in [-0.2, -0.15) is 0 Å². The van der Waals surface area contributed by atoms with Crippen LogP contribution in [0.2, 0.25) is 0 Å². The van der Waals surface area contributed by atoms with Gasteiger partial charge in [0.1, 0.15) is 11.9 Å². The molecule has 1 saturated heterocycles. The van der Waals surface area contributed by atoms with E-state index in [1.54, 1.807) is 18.2 Å². The zero-order valence-corrected chi connectivity index (χ0v) is 17.5. The molecule has 1 aromatic carbocycles. The van der Waals surface area contributed by atoms with Crippen molar-refractivity contribution in [2.75, 3.05) is 36.5 Å². The Morgan fingerprint density at radius 1 is 1.40 bits per heavy atom. The molecule has 1 unspecified atom stereocenters. The highest BCUT2D eigenvalue weighted by atomic mass is 32.2. The van der Waals surface area contributed by atoms with E-state index in [9.17, 15) is 23.0 Å². The molecule has 30 heavy (non-hydrogen) atoms. The van der Waals surface area contributed by atoms with Crippen LogP contribution in [0, 0.1) is 5.82 Å². The third-order valence-electron chi connectivity index (χ3n) is 4.81. The van der Waals surface area contributed by atoms with Crippen molar-refractivity contribution in [1.29, 1.82) is 0 Å². The minimum absolute atomic E-state index is 0.0697. The van der Waals surface area contributed by atoms with Crippen molar-refractivity contribution < 1.29 is 27.7 Å². The van der Waals surface area contributed by atoms with Gasteiger partial charge in [-0.3, -0.25) is 9.69 Å². The van der Waals surface area contributed by atoms with Crippen molar-refractivity contribution in [3.05, 3.63) is 35.7 Å². The first-order valence-electron chi connectivity index (χ1n) is 9.36. The Labute approximate surface area is 173 Å². The van der Waals surface area contributed by atoms with Crippen LogP contribution in [0.5, 0.6) is 0 Å². The summed E-state index contributed by atoms with van der Waals surface area (Å²) in [6.45, 7) is 1.75.